The zero-order valence-corrected chi connectivity index (χ0v) is 26.7. The molecule has 0 aromatic carbocycles. The van der Waals surface area contributed by atoms with Gasteiger partial charge >= 0.3 is 5.97 Å². The van der Waals surface area contributed by atoms with E-state index in [9.17, 15) is 13.8 Å². The van der Waals surface area contributed by atoms with E-state index in [4.69, 9.17) is 24.7 Å². The van der Waals surface area contributed by atoms with Crippen molar-refractivity contribution in [2.75, 3.05) is 92.3 Å². The van der Waals surface area contributed by atoms with Crippen molar-refractivity contribution in [3.05, 3.63) is 0 Å². The van der Waals surface area contributed by atoms with Gasteiger partial charge in [0.15, 0.2) is 5.12 Å². The highest BCUT2D eigenvalue weighted by molar-refractivity contribution is 8.26. The molecule has 0 radical (unpaired) electrons. The quantitative estimate of drug-likeness (QED) is 0.0438. The smallest absolute Gasteiger partial charge is 0.316 e. The molecule has 0 aromatic heterocycles. The highest BCUT2D eigenvalue weighted by atomic mass is 32.2. The minimum Gasteiger partial charge on any atom is -0.454 e. The molecule has 0 rings (SSSR count). The summed E-state index contributed by atoms with van der Waals surface area (Å²) in [6.07, 6.45) is 0. The van der Waals surface area contributed by atoms with Gasteiger partial charge < -0.3 is 14.9 Å². The fraction of sp³-hybridized carbons (Fsp3) is 0.889. The summed E-state index contributed by atoms with van der Waals surface area (Å²) in [5.41, 5.74) is 0. The summed E-state index contributed by atoms with van der Waals surface area (Å²) in [6, 6.07) is 0. The molecule has 0 aliphatic carbocycles. The van der Waals surface area contributed by atoms with Crippen LogP contribution in [0.1, 0.15) is 0 Å². The molecule has 0 saturated heterocycles. The molecule has 0 bridgehead atoms. The summed E-state index contributed by atoms with van der Waals surface area (Å²) in [4.78, 5) is 33.5. The van der Waals surface area contributed by atoms with E-state index >= 15 is 0 Å². The molecule has 2 N–H and O–H groups in total. The molecule has 0 saturated carbocycles. The lowest BCUT2D eigenvalue weighted by Gasteiger charge is -2.05. The Morgan fingerprint density at radius 3 is 2.09 bits per heavy atom. The van der Waals surface area contributed by atoms with Crippen LogP contribution in [0.25, 0.3) is 0 Å². The van der Waals surface area contributed by atoms with Crippen molar-refractivity contribution in [3.8, 4) is 0 Å². The van der Waals surface area contributed by atoms with E-state index in [0.717, 1.165) is 23.0 Å². The Morgan fingerprint density at radius 1 is 0.714 bits per heavy atom. The zero-order chi connectivity index (χ0) is 25.8. The summed E-state index contributed by atoms with van der Waals surface area (Å²) in [5, 5.41) is 18.4. The Kier molecular flexibility index (Phi) is 32.2. The van der Waals surface area contributed by atoms with Crippen LogP contribution in [0, 0.1) is 0 Å². The van der Waals surface area contributed by atoms with Gasteiger partial charge in [-0.25, -0.2) is 9.78 Å². The number of thioether (sulfide) groups is 8. The van der Waals surface area contributed by atoms with Gasteiger partial charge in [0.05, 0.1) is 35.1 Å². The molecule has 0 aliphatic heterocycles. The minimum atomic E-state index is -0.985. The third kappa shape index (κ3) is 30.3. The second-order valence-corrected chi connectivity index (χ2v) is 16.6. The van der Waals surface area contributed by atoms with Gasteiger partial charge in [0.1, 0.15) is 11.9 Å². The van der Waals surface area contributed by atoms with Crippen LogP contribution in [0.4, 0.5) is 0 Å². The summed E-state index contributed by atoms with van der Waals surface area (Å²) >= 11 is 11.6. The van der Waals surface area contributed by atoms with Crippen LogP contribution in [-0.4, -0.2) is 118 Å². The van der Waals surface area contributed by atoms with E-state index < -0.39 is 10.8 Å². The number of esters is 1. The number of carbonyl (C=O) groups excluding carboxylic acids is 2. The number of rotatable bonds is 27. The van der Waals surface area contributed by atoms with Crippen molar-refractivity contribution in [2.45, 2.75) is 0 Å². The zero-order valence-electron chi connectivity index (χ0n) is 19.3. The fourth-order valence-corrected chi connectivity index (χ4v) is 10.0. The topological polar surface area (TPSA) is 119 Å². The van der Waals surface area contributed by atoms with E-state index in [1.165, 1.54) is 82.3 Å². The van der Waals surface area contributed by atoms with Crippen LogP contribution < -0.4 is 0 Å². The number of carbonyl (C=O) groups is 2. The lowest BCUT2D eigenvalue weighted by molar-refractivity contribution is -0.274. The van der Waals surface area contributed by atoms with Crippen LogP contribution in [0.5, 0.6) is 0 Å². The third-order valence-corrected chi connectivity index (χ3v) is 12.8. The Balaban J connectivity index is 3.39. The third-order valence-electron chi connectivity index (χ3n) is 3.17. The molecule has 1 atom stereocenters. The Morgan fingerprint density at radius 2 is 1.37 bits per heavy atom. The first kappa shape index (κ1) is 36.9. The van der Waals surface area contributed by atoms with E-state index in [-0.39, 0.29) is 28.7 Å². The van der Waals surface area contributed by atoms with Crippen molar-refractivity contribution in [1.29, 1.82) is 0 Å². The van der Waals surface area contributed by atoms with Gasteiger partial charge in [0.25, 0.3) is 0 Å². The summed E-state index contributed by atoms with van der Waals surface area (Å²) in [6.45, 7) is 0.418. The van der Waals surface area contributed by atoms with Gasteiger partial charge in [0, 0.05) is 56.2 Å². The molecule has 0 aromatic rings. The minimum absolute atomic E-state index is 0.0884. The second kappa shape index (κ2) is 30.5. The summed E-state index contributed by atoms with van der Waals surface area (Å²) in [7, 11) is -0.985. The molecule has 0 fully saturated rings. The van der Waals surface area contributed by atoms with Gasteiger partial charge in [-0.15, -0.1) is 70.6 Å². The Hall–Kier alpha value is 1.93. The van der Waals surface area contributed by atoms with E-state index in [1.54, 1.807) is 11.8 Å². The molecule has 0 amide bonds. The fourth-order valence-electron chi connectivity index (χ4n) is 1.65. The van der Waals surface area contributed by atoms with Crippen molar-refractivity contribution in [2.24, 2.45) is 0 Å². The van der Waals surface area contributed by atoms with Crippen molar-refractivity contribution >= 4 is 116 Å². The summed E-state index contributed by atoms with van der Waals surface area (Å²) in [5.74, 6) is 6.59. The average molecular weight is 667 g/mol. The van der Waals surface area contributed by atoms with E-state index in [0.29, 0.717) is 51.7 Å². The van der Waals surface area contributed by atoms with Crippen LogP contribution in [0.2, 0.25) is 0 Å². The van der Waals surface area contributed by atoms with Crippen LogP contribution in [-0.2, 0) is 34.9 Å². The number of hydrogen-bond donors (Lipinski definition) is 2. The van der Waals surface area contributed by atoms with Gasteiger partial charge in [-0.1, -0.05) is 11.8 Å². The standard InChI is InChI=1S/C18H34O8S9/c19-11-29-3-5-31-13-24-17(21)9-28-7-8-35(23)16-33-15-34-18(22)10-27-2-1-25-26-14-32-6-4-30-12-20/h19-20H,1-16H2. The van der Waals surface area contributed by atoms with Gasteiger partial charge in [0.2, 0.25) is 0 Å². The molecule has 0 heterocycles. The number of aliphatic hydroxyl groups is 2. The van der Waals surface area contributed by atoms with E-state index in [2.05, 4.69) is 0 Å². The molecule has 0 aliphatic rings. The van der Waals surface area contributed by atoms with Crippen LogP contribution in [0.15, 0.2) is 0 Å². The van der Waals surface area contributed by atoms with Gasteiger partial charge in [-0.2, -0.15) is 11.8 Å². The van der Waals surface area contributed by atoms with Crippen LogP contribution >= 0.6 is 94.1 Å². The predicted molar refractivity (Wildman–Crippen MR) is 164 cm³/mol. The number of aliphatic hydroxyl groups excluding tert-OH is 2. The molecule has 35 heavy (non-hydrogen) atoms. The first-order valence-corrected chi connectivity index (χ1v) is 20.8. The lowest BCUT2D eigenvalue weighted by atomic mass is 10.8. The van der Waals surface area contributed by atoms with Crippen molar-refractivity contribution in [3.63, 3.8) is 0 Å². The first-order valence-electron chi connectivity index (χ1n) is 10.3. The van der Waals surface area contributed by atoms with Gasteiger partial charge in [-0.05, 0) is 0 Å². The summed E-state index contributed by atoms with van der Waals surface area (Å²) < 4.78 is 17.1. The maximum atomic E-state index is 12.0. The Labute approximate surface area is 244 Å². The molecule has 17 heteroatoms. The predicted octanol–water partition coefficient (Wildman–Crippen LogP) is 3.35. The van der Waals surface area contributed by atoms with E-state index in [1.807, 2.05) is 0 Å². The van der Waals surface area contributed by atoms with Crippen molar-refractivity contribution < 1.29 is 38.5 Å². The maximum Gasteiger partial charge on any atom is 0.316 e. The molecule has 1 unspecified atom stereocenters. The molecule has 8 nitrogen and oxygen atoms in total. The maximum absolute atomic E-state index is 12.0. The van der Waals surface area contributed by atoms with Gasteiger partial charge in [-0.3, -0.25) is 13.8 Å². The van der Waals surface area contributed by atoms with Crippen molar-refractivity contribution in [1.82, 2.24) is 0 Å². The number of ether oxygens (including phenoxy) is 1. The SMILES string of the molecule is O=C(CSCCS(=O)CSCSC(=O)CSCCOOCSCCSCO)OCSCCSCO. The average Bonchev–Trinajstić information content (AvgIpc) is 2.85. The molecular weight excluding hydrogens is 633 g/mol. The monoisotopic (exact) mass is 666 g/mol. The normalized spacial score (nSPS) is 12.1. The largest absolute Gasteiger partial charge is 0.454 e. The van der Waals surface area contributed by atoms with Crippen LogP contribution in [0.3, 0.4) is 0 Å². The molecule has 0 spiro atoms. The lowest BCUT2D eigenvalue weighted by Crippen LogP contribution is -2.10. The Bertz CT molecular complexity index is 534. The number of hydrogen-bond acceptors (Lipinski definition) is 16. The highest BCUT2D eigenvalue weighted by Gasteiger charge is 2.07. The molecule has 208 valence electrons. The molecular formula is C18H34O8S9. The second-order valence-electron chi connectivity index (χ2n) is 5.79. The first-order chi connectivity index (χ1) is 17.1. The highest BCUT2D eigenvalue weighted by Crippen LogP contribution is 2.17.